The van der Waals surface area contributed by atoms with Crippen molar-refractivity contribution in [3.8, 4) is 17.6 Å². The first-order chi connectivity index (χ1) is 17.9. The molecule has 0 aliphatic rings. The molecule has 0 fully saturated rings. The average Bonchev–Trinajstić information content (AvgIpc) is 2.86. The molecular weight excluding hydrogens is 528 g/mol. The van der Waals surface area contributed by atoms with E-state index in [0.29, 0.717) is 0 Å². The van der Waals surface area contributed by atoms with Crippen molar-refractivity contribution in [2.45, 2.75) is 18.0 Å². The molecule has 12 heteroatoms. The second-order valence-electron chi connectivity index (χ2n) is 7.63. The number of hydrogen-bond donors (Lipinski definition) is 1. The molecule has 0 aromatic heterocycles. The number of anilines is 1. The van der Waals surface area contributed by atoms with Crippen LogP contribution in [-0.2, 0) is 20.8 Å². The number of benzene rings is 3. The van der Waals surface area contributed by atoms with Crippen LogP contribution in [0.5, 0.6) is 11.5 Å². The van der Waals surface area contributed by atoms with Crippen LogP contribution in [0.1, 0.15) is 18.1 Å². The summed E-state index contributed by atoms with van der Waals surface area (Å²) in [6.45, 7) is 1.29. The lowest BCUT2D eigenvalue weighted by Crippen LogP contribution is -2.20. The third-order valence-corrected chi connectivity index (χ3v) is 6.60. The van der Waals surface area contributed by atoms with Gasteiger partial charge in [0.2, 0.25) is 9.84 Å². The minimum atomic E-state index is -4.57. The van der Waals surface area contributed by atoms with Gasteiger partial charge in [0, 0.05) is 5.69 Å². The molecule has 0 radical (unpaired) electrons. The number of hydrogen-bond acceptors (Lipinski definition) is 6. The van der Waals surface area contributed by atoms with E-state index >= 15 is 0 Å². The fraction of sp³-hybridized carbons (Fsp3) is 0.154. The molecule has 0 spiro atoms. The maximum Gasteiger partial charge on any atom is 0.416 e. The van der Waals surface area contributed by atoms with Crippen LogP contribution in [0.3, 0.4) is 0 Å². The molecule has 0 heterocycles. The first-order valence-corrected chi connectivity index (χ1v) is 12.4. The zero-order valence-electron chi connectivity index (χ0n) is 19.8. The summed E-state index contributed by atoms with van der Waals surface area (Å²) in [6, 6.07) is 14.0. The number of nitrogens with one attached hydrogen (secondary N) is 1. The number of alkyl halides is 3. The fourth-order valence-corrected chi connectivity index (χ4v) is 4.34. The summed E-state index contributed by atoms with van der Waals surface area (Å²) in [4.78, 5) is 11.4. The molecule has 38 heavy (non-hydrogen) atoms. The third kappa shape index (κ3) is 7.10. The van der Waals surface area contributed by atoms with E-state index in [4.69, 9.17) is 9.47 Å². The second kappa shape index (κ2) is 11.8. The van der Waals surface area contributed by atoms with Gasteiger partial charge in [0.1, 0.15) is 16.8 Å². The lowest BCUT2D eigenvalue weighted by atomic mass is 10.2. The smallest absolute Gasteiger partial charge is 0.416 e. The number of nitriles is 1. The highest BCUT2D eigenvalue weighted by atomic mass is 32.2. The number of nitrogens with zero attached hydrogens (tertiary/aromatic N) is 1. The van der Waals surface area contributed by atoms with Gasteiger partial charge in [-0.2, -0.15) is 18.4 Å². The van der Waals surface area contributed by atoms with Crippen molar-refractivity contribution < 1.29 is 40.2 Å². The number of allylic oxidation sites excluding steroid dienone is 1. The topological polar surface area (TPSA) is 105 Å². The Balaban J connectivity index is 1.78. The molecule has 0 saturated carbocycles. The summed E-state index contributed by atoms with van der Waals surface area (Å²) in [6.07, 6.45) is -3.46. The van der Waals surface area contributed by atoms with Gasteiger partial charge in [0.25, 0.3) is 5.91 Å². The average molecular weight is 549 g/mol. The molecule has 1 amide bonds. The highest BCUT2D eigenvalue weighted by Crippen LogP contribution is 2.32. The zero-order valence-corrected chi connectivity index (χ0v) is 20.6. The van der Waals surface area contributed by atoms with Gasteiger partial charge in [-0.05, 0) is 73.2 Å². The van der Waals surface area contributed by atoms with Gasteiger partial charge in [0.15, 0.2) is 18.1 Å². The number of carbonyl (C=O) groups is 1. The number of rotatable bonds is 9. The van der Waals surface area contributed by atoms with Crippen molar-refractivity contribution in [1.29, 1.82) is 5.26 Å². The lowest BCUT2D eigenvalue weighted by molar-refractivity contribution is -0.137. The van der Waals surface area contributed by atoms with Crippen molar-refractivity contribution in [3.63, 3.8) is 0 Å². The van der Waals surface area contributed by atoms with Crippen LogP contribution in [0.2, 0.25) is 0 Å². The predicted octanol–water partition coefficient (Wildman–Crippen LogP) is 5.60. The molecule has 0 aliphatic carbocycles. The second-order valence-corrected chi connectivity index (χ2v) is 9.55. The molecule has 0 unspecified atom stereocenters. The quantitative estimate of drug-likeness (QED) is 0.212. The van der Waals surface area contributed by atoms with Gasteiger partial charge >= 0.3 is 6.18 Å². The van der Waals surface area contributed by atoms with E-state index in [1.165, 1.54) is 24.3 Å². The highest BCUT2D eigenvalue weighted by molar-refractivity contribution is 7.95. The van der Waals surface area contributed by atoms with Crippen molar-refractivity contribution in [3.05, 3.63) is 88.6 Å². The van der Waals surface area contributed by atoms with E-state index in [0.717, 1.165) is 48.5 Å². The molecule has 3 aromatic rings. The minimum Gasteiger partial charge on any atom is -0.490 e. The van der Waals surface area contributed by atoms with E-state index in [-0.39, 0.29) is 34.3 Å². The number of sulfone groups is 1. The molecule has 198 valence electrons. The Kier molecular flexibility index (Phi) is 8.75. The minimum absolute atomic E-state index is 0.0645. The van der Waals surface area contributed by atoms with Gasteiger partial charge in [-0.25, -0.2) is 12.8 Å². The molecule has 0 saturated heterocycles. The highest BCUT2D eigenvalue weighted by Gasteiger charge is 2.30. The van der Waals surface area contributed by atoms with Gasteiger partial charge in [-0.1, -0.05) is 12.1 Å². The largest absolute Gasteiger partial charge is 0.490 e. The van der Waals surface area contributed by atoms with Crippen molar-refractivity contribution in [2.75, 3.05) is 18.5 Å². The number of carbonyl (C=O) groups excluding carboxylic acids is 1. The normalized spacial score (nSPS) is 11.9. The Morgan fingerprint density at radius 3 is 2.37 bits per heavy atom. The summed E-state index contributed by atoms with van der Waals surface area (Å²) in [7, 11) is -4.23. The third-order valence-electron chi connectivity index (χ3n) is 4.92. The Bertz CT molecular complexity index is 1500. The standard InChI is InChI=1S/C26H20F4N2O5S/c1-2-36-24-13-17(12-22(15-31)38(34,35)21-9-7-19(27)8-10-21)6-11-23(24)37-16-25(33)32-20-5-3-4-18(14-20)26(28,29)30/h3-14H,2,16H2,1H3,(H,32,33)/b22-12+. The molecule has 3 aromatic carbocycles. The van der Waals surface area contributed by atoms with Crippen LogP contribution in [0, 0.1) is 17.1 Å². The van der Waals surface area contributed by atoms with Gasteiger partial charge < -0.3 is 14.8 Å². The van der Waals surface area contributed by atoms with Crippen molar-refractivity contribution in [2.24, 2.45) is 0 Å². The summed E-state index contributed by atoms with van der Waals surface area (Å²) in [5.41, 5.74) is -0.724. The van der Waals surface area contributed by atoms with Crippen LogP contribution in [-0.4, -0.2) is 27.5 Å². The Hall–Kier alpha value is -4.37. The number of amides is 1. The van der Waals surface area contributed by atoms with Crippen LogP contribution in [0.15, 0.2) is 76.5 Å². The van der Waals surface area contributed by atoms with Crippen molar-refractivity contribution >= 4 is 27.5 Å². The van der Waals surface area contributed by atoms with E-state index in [9.17, 15) is 36.0 Å². The maximum absolute atomic E-state index is 13.2. The van der Waals surface area contributed by atoms with E-state index < -0.39 is 44.8 Å². The SMILES string of the molecule is CCOc1cc(/C=C(\C#N)S(=O)(=O)c2ccc(F)cc2)ccc1OCC(=O)Nc1cccc(C(F)(F)F)c1. The number of ether oxygens (including phenoxy) is 2. The first-order valence-electron chi connectivity index (χ1n) is 10.9. The Morgan fingerprint density at radius 1 is 1.03 bits per heavy atom. The lowest BCUT2D eigenvalue weighted by Gasteiger charge is -2.13. The van der Waals surface area contributed by atoms with Crippen LogP contribution >= 0.6 is 0 Å². The zero-order chi connectivity index (χ0) is 27.9. The molecule has 0 atom stereocenters. The molecular formula is C26H20F4N2O5S. The molecule has 0 aliphatic heterocycles. The van der Waals surface area contributed by atoms with Gasteiger partial charge in [0.05, 0.1) is 17.1 Å². The van der Waals surface area contributed by atoms with Crippen LogP contribution < -0.4 is 14.8 Å². The molecule has 7 nitrogen and oxygen atoms in total. The van der Waals surface area contributed by atoms with Gasteiger partial charge in [-0.15, -0.1) is 0 Å². The van der Waals surface area contributed by atoms with Crippen LogP contribution in [0.4, 0.5) is 23.2 Å². The van der Waals surface area contributed by atoms with E-state index in [1.807, 2.05) is 0 Å². The predicted molar refractivity (Wildman–Crippen MR) is 130 cm³/mol. The van der Waals surface area contributed by atoms with E-state index in [2.05, 4.69) is 5.32 Å². The molecule has 3 rings (SSSR count). The first kappa shape index (κ1) is 28.2. The fourth-order valence-electron chi connectivity index (χ4n) is 3.18. The summed E-state index contributed by atoms with van der Waals surface area (Å²) in [5, 5.41) is 11.8. The van der Waals surface area contributed by atoms with Crippen molar-refractivity contribution in [1.82, 2.24) is 0 Å². The maximum atomic E-state index is 13.2. The Labute approximate surface area is 215 Å². The number of halogens is 4. The summed E-state index contributed by atoms with van der Waals surface area (Å²) < 4.78 is 88.3. The molecule has 0 bridgehead atoms. The van der Waals surface area contributed by atoms with E-state index in [1.54, 1.807) is 13.0 Å². The van der Waals surface area contributed by atoms with Gasteiger partial charge in [-0.3, -0.25) is 4.79 Å². The summed E-state index contributed by atoms with van der Waals surface area (Å²) in [5.74, 6) is -1.13. The summed E-state index contributed by atoms with van der Waals surface area (Å²) >= 11 is 0. The molecule has 1 N–H and O–H groups in total. The Morgan fingerprint density at radius 2 is 1.74 bits per heavy atom. The van der Waals surface area contributed by atoms with Crippen LogP contribution in [0.25, 0.3) is 6.08 Å². The monoisotopic (exact) mass is 548 g/mol.